The van der Waals surface area contributed by atoms with Crippen LogP contribution in [0.25, 0.3) is 0 Å². The zero-order valence-electron chi connectivity index (χ0n) is 12.7. The van der Waals surface area contributed by atoms with Gasteiger partial charge in [0.1, 0.15) is 5.76 Å². The normalized spacial score (nSPS) is 12.8. The summed E-state index contributed by atoms with van der Waals surface area (Å²) in [4.78, 5) is 2.39. The van der Waals surface area contributed by atoms with Crippen molar-refractivity contribution in [3.8, 4) is 0 Å². The fourth-order valence-electron chi connectivity index (χ4n) is 2.54. The molecule has 1 atom stereocenters. The lowest BCUT2D eigenvalue weighted by Gasteiger charge is -2.28. The molecule has 0 radical (unpaired) electrons. The quantitative estimate of drug-likeness (QED) is 0.795. The molecule has 1 aromatic carbocycles. The summed E-state index contributed by atoms with van der Waals surface area (Å²) in [7, 11) is 0. The predicted octanol–water partition coefficient (Wildman–Crippen LogP) is 4.11. The van der Waals surface area contributed by atoms with Crippen LogP contribution in [-0.2, 0) is 6.54 Å². The van der Waals surface area contributed by atoms with Crippen LogP contribution in [0.1, 0.15) is 31.2 Å². The summed E-state index contributed by atoms with van der Waals surface area (Å²) in [6.45, 7) is 7.94. The Labute approximate surface area is 131 Å². The summed E-state index contributed by atoms with van der Waals surface area (Å²) >= 11 is 6.19. The minimum absolute atomic E-state index is 0.248. The molecule has 0 spiro atoms. The van der Waals surface area contributed by atoms with Crippen molar-refractivity contribution in [1.29, 1.82) is 0 Å². The van der Waals surface area contributed by atoms with E-state index in [-0.39, 0.29) is 6.04 Å². The predicted molar refractivity (Wildman–Crippen MR) is 87.5 cm³/mol. The van der Waals surface area contributed by atoms with Crippen molar-refractivity contribution in [3.63, 3.8) is 0 Å². The van der Waals surface area contributed by atoms with Crippen LogP contribution in [0.2, 0.25) is 5.02 Å². The van der Waals surface area contributed by atoms with E-state index < -0.39 is 0 Å². The lowest BCUT2D eigenvalue weighted by molar-refractivity contribution is 0.188. The lowest BCUT2D eigenvalue weighted by atomic mass is 10.1. The minimum atomic E-state index is 0.248. The summed E-state index contributed by atoms with van der Waals surface area (Å²) in [5, 5.41) is 4.30. The van der Waals surface area contributed by atoms with E-state index in [0.29, 0.717) is 0 Å². The first kappa shape index (κ1) is 16.1. The largest absolute Gasteiger partial charge is 0.468 e. The van der Waals surface area contributed by atoms with E-state index in [0.717, 1.165) is 42.5 Å². The van der Waals surface area contributed by atoms with Gasteiger partial charge in [0.15, 0.2) is 0 Å². The molecule has 1 aromatic heterocycles. The third-order valence-electron chi connectivity index (χ3n) is 3.74. The Kier molecular flexibility index (Phi) is 6.30. The molecular weight excluding hydrogens is 284 g/mol. The van der Waals surface area contributed by atoms with Gasteiger partial charge >= 0.3 is 0 Å². The highest BCUT2D eigenvalue weighted by Gasteiger charge is 2.20. The van der Waals surface area contributed by atoms with E-state index in [1.54, 1.807) is 6.26 Å². The van der Waals surface area contributed by atoms with Crippen LogP contribution in [0, 0.1) is 0 Å². The highest BCUT2D eigenvalue weighted by atomic mass is 35.5. The summed E-state index contributed by atoms with van der Waals surface area (Å²) < 4.78 is 5.60. The Morgan fingerprint density at radius 3 is 2.52 bits per heavy atom. The molecule has 2 rings (SSSR count). The average molecular weight is 307 g/mol. The molecule has 1 unspecified atom stereocenters. The zero-order chi connectivity index (χ0) is 15.1. The van der Waals surface area contributed by atoms with Crippen molar-refractivity contribution < 1.29 is 4.42 Å². The maximum absolute atomic E-state index is 6.19. The van der Waals surface area contributed by atoms with Gasteiger partial charge in [0, 0.05) is 18.1 Å². The van der Waals surface area contributed by atoms with Crippen molar-refractivity contribution >= 4 is 11.6 Å². The molecule has 0 bridgehead atoms. The van der Waals surface area contributed by atoms with Gasteiger partial charge in [-0.1, -0.05) is 43.6 Å². The van der Waals surface area contributed by atoms with Gasteiger partial charge in [0.25, 0.3) is 0 Å². The topological polar surface area (TPSA) is 28.4 Å². The van der Waals surface area contributed by atoms with Crippen LogP contribution in [0.5, 0.6) is 0 Å². The highest BCUT2D eigenvalue weighted by molar-refractivity contribution is 6.31. The molecule has 2 aromatic rings. The number of halogens is 1. The molecule has 3 nitrogen and oxygen atoms in total. The molecule has 4 heteroatoms. The van der Waals surface area contributed by atoms with Gasteiger partial charge in [0.2, 0.25) is 0 Å². The molecule has 21 heavy (non-hydrogen) atoms. The third-order valence-corrected chi connectivity index (χ3v) is 4.10. The van der Waals surface area contributed by atoms with Crippen LogP contribution in [0.4, 0.5) is 0 Å². The smallest absolute Gasteiger partial charge is 0.122 e. The number of hydrogen-bond donors (Lipinski definition) is 1. The Hall–Kier alpha value is -1.29. The molecule has 0 aliphatic rings. The van der Waals surface area contributed by atoms with E-state index in [1.807, 2.05) is 30.3 Å². The molecule has 1 N–H and O–H groups in total. The first-order chi connectivity index (χ1) is 10.3. The van der Waals surface area contributed by atoms with Gasteiger partial charge < -0.3 is 9.73 Å². The van der Waals surface area contributed by atoms with Gasteiger partial charge in [-0.25, -0.2) is 0 Å². The number of furan rings is 1. The summed E-state index contributed by atoms with van der Waals surface area (Å²) in [6, 6.07) is 12.2. The molecule has 0 aliphatic heterocycles. The third kappa shape index (κ3) is 4.34. The number of rotatable bonds is 8. The second-order valence-corrected chi connectivity index (χ2v) is 5.38. The number of nitrogens with zero attached hydrogens (tertiary/aromatic N) is 1. The Morgan fingerprint density at radius 2 is 1.90 bits per heavy atom. The summed E-state index contributed by atoms with van der Waals surface area (Å²) in [5.41, 5.74) is 1.12. The fraction of sp³-hybridized carbons (Fsp3) is 0.412. The van der Waals surface area contributed by atoms with Crippen molar-refractivity contribution in [2.75, 3.05) is 19.6 Å². The van der Waals surface area contributed by atoms with E-state index in [1.165, 1.54) is 0 Å². The minimum Gasteiger partial charge on any atom is -0.468 e. The van der Waals surface area contributed by atoms with E-state index in [2.05, 4.69) is 30.1 Å². The Bertz CT molecular complexity index is 523. The van der Waals surface area contributed by atoms with Gasteiger partial charge in [0.05, 0.1) is 12.3 Å². The summed E-state index contributed by atoms with van der Waals surface area (Å²) in [6.07, 6.45) is 1.74. The Morgan fingerprint density at radius 1 is 1.14 bits per heavy atom. The molecule has 1 heterocycles. The SMILES string of the molecule is CCN(CC)C(CNCc1ccccc1Cl)c1ccco1. The van der Waals surface area contributed by atoms with Crippen LogP contribution >= 0.6 is 11.6 Å². The van der Waals surface area contributed by atoms with Crippen LogP contribution in [-0.4, -0.2) is 24.5 Å². The monoisotopic (exact) mass is 306 g/mol. The van der Waals surface area contributed by atoms with Crippen molar-refractivity contribution in [2.45, 2.75) is 26.4 Å². The molecule has 0 amide bonds. The fourth-order valence-corrected chi connectivity index (χ4v) is 2.74. The molecule has 0 saturated carbocycles. The standard InChI is InChI=1S/C17H23ClN2O/c1-3-20(4-2)16(17-10-7-11-21-17)13-19-12-14-8-5-6-9-15(14)18/h5-11,16,19H,3-4,12-13H2,1-2H3. The second kappa shape index (κ2) is 8.23. The molecule has 0 fully saturated rings. The van der Waals surface area contributed by atoms with Gasteiger partial charge in [-0.15, -0.1) is 0 Å². The zero-order valence-corrected chi connectivity index (χ0v) is 13.4. The van der Waals surface area contributed by atoms with Gasteiger partial charge in [-0.05, 0) is 36.9 Å². The second-order valence-electron chi connectivity index (χ2n) is 4.97. The van der Waals surface area contributed by atoms with Crippen molar-refractivity contribution in [2.24, 2.45) is 0 Å². The number of likely N-dealkylation sites (N-methyl/N-ethyl adjacent to an activating group) is 1. The lowest BCUT2D eigenvalue weighted by Crippen LogP contribution is -2.35. The van der Waals surface area contributed by atoms with Crippen LogP contribution in [0.15, 0.2) is 47.1 Å². The highest BCUT2D eigenvalue weighted by Crippen LogP contribution is 2.21. The van der Waals surface area contributed by atoms with Gasteiger partial charge in [-0.3, -0.25) is 4.90 Å². The van der Waals surface area contributed by atoms with Gasteiger partial charge in [-0.2, -0.15) is 0 Å². The molecule has 0 aliphatic carbocycles. The van der Waals surface area contributed by atoms with E-state index >= 15 is 0 Å². The van der Waals surface area contributed by atoms with E-state index in [9.17, 15) is 0 Å². The number of benzene rings is 1. The maximum Gasteiger partial charge on any atom is 0.122 e. The summed E-state index contributed by atoms with van der Waals surface area (Å²) in [5.74, 6) is 1.00. The van der Waals surface area contributed by atoms with E-state index in [4.69, 9.17) is 16.0 Å². The van der Waals surface area contributed by atoms with Crippen LogP contribution < -0.4 is 5.32 Å². The maximum atomic E-state index is 6.19. The molecule has 114 valence electrons. The first-order valence-electron chi connectivity index (χ1n) is 7.47. The Balaban J connectivity index is 1.98. The number of hydrogen-bond acceptors (Lipinski definition) is 3. The molecule has 0 saturated heterocycles. The van der Waals surface area contributed by atoms with Crippen LogP contribution in [0.3, 0.4) is 0 Å². The number of nitrogens with one attached hydrogen (secondary N) is 1. The molecular formula is C17H23ClN2O. The average Bonchev–Trinajstić information content (AvgIpc) is 3.02. The first-order valence-corrected chi connectivity index (χ1v) is 7.85. The van der Waals surface area contributed by atoms with Crippen molar-refractivity contribution in [3.05, 3.63) is 59.0 Å². The van der Waals surface area contributed by atoms with Crippen molar-refractivity contribution in [1.82, 2.24) is 10.2 Å².